The van der Waals surface area contributed by atoms with Crippen molar-refractivity contribution in [1.29, 1.82) is 0 Å². The van der Waals surface area contributed by atoms with E-state index in [4.69, 9.17) is 5.73 Å². The lowest BCUT2D eigenvalue weighted by molar-refractivity contribution is -0.129. The highest BCUT2D eigenvalue weighted by Gasteiger charge is 2.33. The number of nitrogens with zero attached hydrogens (tertiary/aromatic N) is 1. The average Bonchev–Trinajstić information content (AvgIpc) is 2.92. The smallest absolute Gasteiger partial charge is 0.227 e. The van der Waals surface area contributed by atoms with Crippen LogP contribution in [0.3, 0.4) is 0 Å². The summed E-state index contributed by atoms with van der Waals surface area (Å²) in [5, 5.41) is 0. The number of nitrogens with two attached hydrogens (primary N) is 1. The standard InChI is InChI=1S/C18H19FN2O/c19-15-8-6-13(7-9-15)10-18(22)21-11-16(17(20)12-21)14-4-2-1-3-5-14/h1-9,16-17H,10-12,20H2/t16-,17+/m0/s1. The lowest BCUT2D eigenvalue weighted by atomic mass is 9.95. The van der Waals surface area contributed by atoms with Gasteiger partial charge in [-0.05, 0) is 23.3 Å². The second-order valence-electron chi connectivity index (χ2n) is 5.78. The van der Waals surface area contributed by atoms with Gasteiger partial charge in [0, 0.05) is 25.0 Å². The van der Waals surface area contributed by atoms with Crippen LogP contribution in [-0.2, 0) is 11.2 Å². The SMILES string of the molecule is N[C@@H]1CN(C(=O)Cc2ccc(F)cc2)C[C@H]1c1ccccc1. The van der Waals surface area contributed by atoms with Crippen molar-refractivity contribution in [2.24, 2.45) is 5.73 Å². The second-order valence-corrected chi connectivity index (χ2v) is 5.78. The Bertz CT molecular complexity index is 642. The first kappa shape index (κ1) is 14.7. The lowest BCUT2D eigenvalue weighted by Crippen LogP contribution is -2.33. The van der Waals surface area contributed by atoms with Crippen molar-refractivity contribution >= 4 is 5.91 Å². The molecule has 0 aliphatic carbocycles. The number of carbonyl (C=O) groups is 1. The van der Waals surface area contributed by atoms with Crippen molar-refractivity contribution in [3.05, 3.63) is 71.5 Å². The van der Waals surface area contributed by atoms with E-state index in [1.807, 2.05) is 23.1 Å². The van der Waals surface area contributed by atoms with Crippen LogP contribution < -0.4 is 5.73 Å². The van der Waals surface area contributed by atoms with E-state index < -0.39 is 0 Å². The molecule has 1 heterocycles. The second kappa shape index (κ2) is 6.28. The van der Waals surface area contributed by atoms with E-state index in [0.717, 1.165) is 5.56 Å². The summed E-state index contributed by atoms with van der Waals surface area (Å²) in [4.78, 5) is 14.2. The van der Waals surface area contributed by atoms with Crippen LogP contribution in [0.15, 0.2) is 54.6 Å². The Kier molecular flexibility index (Phi) is 4.20. The Morgan fingerprint density at radius 3 is 2.45 bits per heavy atom. The number of amides is 1. The minimum absolute atomic E-state index is 0.0421. The first-order valence-corrected chi connectivity index (χ1v) is 7.46. The van der Waals surface area contributed by atoms with Crippen molar-refractivity contribution < 1.29 is 9.18 Å². The molecule has 114 valence electrons. The molecule has 1 amide bonds. The maximum absolute atomic E-state index is 12.9. The Morgan fingerprint density at radius 2 is 1.77 bits per heavy atom. The van der Waals surface area contributed by atoms with Crippen LogP contribution in [0.1, 0.15) is 17.0 Å². The highest BCUT2D eigenvalue weighted by atomic mass is 19.1. The summed E-state index contributed by atoms with van der Waals surface area (Å²) >= 11 is 0. The van der Waals surface area contributed by atoms with E-state index in [-0.39, 0.29) is 30.1 Å². The summed E-state index contributed by atoms with van der Waals surface area (Å²) in [7, 11) is 0. The van der Waals surface area contributed by atoms with Crippen molar-refractivity contribution in [2.45, 2.75) is 18.4 Å². The quantitative estimate of drug-likeness (QED) is 0.945. The monoisotopic (exact) mass is 298 g/mol. The fourth-order valence-electron chi connectivity index (χ4n) is 2.97. The van der Waals surface area contributed by atoms with Crippen LogP contribution in [0.25, 0.3) is 0 Å². The first-order chi connectivity index (χ1) is 10.6. The van der Waals surface area contributed by atoms with Crippen molar-refractivity contribution in [2.75, 3.05) is 13.1 Å². The summed E-state index contributed by atoms with van der Waals surface area (Å²) in [6, 6.07) is 16.1. The van der Waals surface area contributed by atoms with Gasteiger partial charge in [-0.1, -0.05) is 42.5 Å². The van der Waals surface area contributed by atoms with Gasteiger partial charge in [-0.3, -0.25) is 4.79 Å². The molecular formula is C18H19FN2O. The molecule has 0 spiro atoms. The molecule has 2 N–H and O–H groups in total. The van der Waals surface area contributed by atoms with E-state index >= 15 is 0 Å². The Balaban J connectivity index is 1.66. The number of halogens is 1. The molecule has 3 nitrogen and oxygen atoms in total. The number of hydrogen-bond acceptors (Lipinski definition) is 2. The maximum atomic E-state index is 12.9. The van der Waals surface area contributed by atoms with Gasteiger partial charge in [0.1, 0.15) is 5.82 Å². The Hall–Kier alpha value is -2.20. The van der Waals surface area contributed by atoms with Gasteiger partial charge < -0.3 is 10.6 Å². The van der Waals surface area contributed by atoms with Gasteiger partial charge in [-0.25, -0.2) is 4.39 Å². The molecule has 1 aliphatic heterocycles. The Labute approximate surface area is 129 Å². The number of rotatable bonds is 3. The summed E-state index contributed by atoms with van der Waals surface area (Å²) in [5.41, 5.74) is 8.20. The van der Waals surface area contributed by atoms with Crippen LogP contribution in [0, 0.1) is 5.82 Å². The minimum Gasteiger partial charge on any atom is -0.340 e. The van der Waals surface area contributed by atoms with Gasteiger partial charge in [0.2, 0.25) is 5.91 Å². The lowest BCUT2D eigenvalue weighted by Gasteiger charge is -2.16. The molecule has 22 heavy (non-hydrogen) atoms. The number of hydrogen-bond donors (Lipinski definition) is 1. The molecule has 3 rings (SSSR count). The third-order valence-electron chi connectivity index (χ3n) is 4.21. The summed E-state index contributed by atoms with van der Waals surface area (Å²) in [6.07, 6.45) is 0.286. The summed E-state index contributed by atoms with van der Waals surface area (Å²) in [5.74, 6) is -0.0672. The molecular weight excluding hydrogens is 279 g/mol. The van der Waals surface area contributed by atoms with Gasteiger partial charge in [0.15, 0.2) is 0 Å². The van der Waals surface area contributed by atoms with Gasteiger partial charge in [-0.15, -0.1) is 0 Å². The van der Waals surface area contributed by atoms with Crippen LogP contribution >= 0.6 is 0 Å². The van der Waals surface area contributed by atoms with Crippen LogP contribution in [-0.4, -0.2) is 29.9 Å². The van der Waals surface area contributed by atoms with E-state index in [9.17, 15) is 9.18 Å². The predicted molar refractivity (Wildman–Crippen MR) is 83.8 cm³/mol. The van der Waals surface area contributed by atoms with Crippen LogP contribution in [0.2, 0.25) is 0 Å². The van der Waals surface area contributed by atoms with Crippen LogP contribution in [0.5, 0.6) is 0 Å². The Morgan fingerprint density at radius 1 is 1.09 bits per heavy atom. The topological polar surface area (TPSA) is 46.3 Å². The molecule has 1 aliphatic rings. The molecule has 2 aromatic rings. The van der Waals surface area contributed by atoms with Crippen LogP contribution in [0.4, 0.5) is 4.39 Å². The first-order valence-electron chi connectivity index (χ1n) is 7.46. The molecule has 1 saturated heterocycles. The third kappa shape index (κ3) is 3.17. The predicted octanol–water partition coefficient (Wildman–Crippen LogP) is 2.32. The zero-order valence-electron chi connectivity index (χ0n) is 12.3. The number of benzene rings is 2. The maximum Gasteiger partial charge on any atom is 0.227 e. The highest BCUT2D eigenvalue weighted by molar-refractivity contribution is 5.79. The van der Waals surface area contributed by atoms with Gasteiger partial charge in [0.05, 0.1) is 6.42 Å². The van der Waals surface area contributed by atoms with Gasteiger partial charge >= 0.3 is 0 Å². The fraction of sp³-hybridized carbons (Fsp3) is 0.278. The van der Waals surface area contributed by atoms with Crippen molar-refractivity contribution in [3.8, 4) is 0 Å². The molecule has 0 saturated carbocycles. The van der Waals surface area contributed by atoms with Crippen molar-refractivity contribution in [3.63, 3.8) is 0 Å². The average molecular weight is 298 g/mol. The number of carbonyl (C=O) groups excluding carboxylic acids is 1. The fourth-order valence-corrected chi connectivity index (χ4v) is 2.97. The third-order valence-corrected chi connectivity index (χ3v) is 4.21. The van der Waals surface area contributed by atoms with Gasteiger partial charge in [0.25, 0.3) is 0 Å². The summed E-state index contributed by atoms with van der Waals surface area (Å²) < 4.78 is 12.9. The van der Waals surface area contributed by atoms with Gasteiger partial charge in [-0.2, -0.15) is 0 Å². The molecule has 1 fully saturated rings. The normalized spacial score (nSPS) is 21.1. The van der Waals surface area contributed by atoms with E-state index in [0.29, 0.717) is 13.1 Å². The molecule has 2 aromatic carbocycles. The van der Waals surface area contributed by atoms with E-state index in [1.165, 1.54) is 17.7 Å². The highest BCUT2D eigenvalue weighted by Crippen LogP contribution is 2.26. The molecule has 2 atom stereocenters. The molecule has 4 heteroatoms. The van der Waals surface area contributed by atoms with Crippen molar-refractivity contribution in [1.82, 2.24) is 4.90 Å². The molecule has 0 aromatic heterocycles. The zero-order valence-corrected chi connectivity index (χ0v) is 12.3. The minimum atomic E-state index is -0.288. The zero-order chi connectivity index (χ0) is 15.5. The molecule has 0 unspecified atom stereocenters. The summed E-state index contributed by atoms with van der Waals surface area (Å²) in [6.45, 7) is 1.21. The van der Waals surface area contributed by atoms with E-state index in [1.54, 1.807) is 12.1 Å². The number of likely N-dealkylation sites (tertiary alicyclic amines) is 1. The molecule has 0 radical (unpaired) electrons. The molecule has 0 bridgehead atoms. The largest absolute Gasteiger partial charge is 0.340 e. The van der Waals surface area contributed by atoms with E-state index in [2.05, 4.69) is 12.1 Å².